The molecule has 6 heteroatoms. The summed E-state index contributed by atoms with van der Waals surface area (Å²) in [4.78, 5) is 18.7. The van der Waals surface area contributed by atoms with Crippen LogP contribution in [0.25, 0.3) is 32.1 Å². The number of aromatic nitrogens is 1. The number of benzene rings is 2. The molecule has 4 aromatic rings. The number of ketones is 1. The van der Waals surface area contributed by atoms with Gasteiger partial charge >= 0.3 is 0 Å². The second-order valence-corrected chi connectivity index (χ2v) is 12.5. The van der Waals surface area contributed by atoms with E-state index in [9.17, 15) is 9.90 Å². The molecular formula is C37H49IrN2O2S-. The molecule has 2 heterocycles. The minimum atomic E-state index is 0. The van der Waals surface area contributed by atoms with Gasteiger partial charge in [0.05, 0.1) is 10.8 Å². The number of hydrogen-bond acceptors (Lipinski definition) is 5. The van der Waals surface area contributed by atoms with Crippen LogP contribution >= 0.6 is 11.3 Å². The quantitative estimate of drug-likeness (QED) is 0.0936. The van der Waals surface area contributed by atoms with Crippen molar-refractivity contribution in [3.8, 4) is 11.3 Å². The summed E-state index contributed by atoms with van der Waals surface area (Å²) >= 11 is 1.82. The van der Waals surface area contributed by atoms with Crippen LogP contribution in [0.1, 0.15) is 90.7 Å². The number of thiophene rings is 1. The van der Waals surface area contributed by atoms with E-state index >= 15 is 0 Å². The molecule has 1 N–H and O–H groups in total. The molecule has 1 atom stereocenters. The van der Waals surface area contributed by atoms with Crippen molar-refractivity contribution < 1.29 is 30.0 Å². The topological polar surface area (TPSA) is 53.4 Å². The molecule has 2 aromatic heterocycles. The van der Waals surface area contributed by atoms with Crippen LogP contribution < -0.4 is 4.90 Å². The summed E-state index contributed by atoms with van der Waals surface area (Å²) in [5.41, 5.74) is 4.86. The Labute approximate surface area is 277 Å². The largest absolute Gasteiger partial charge is 0.512 e. The Bertz CT molecular complexity index is 1520. The van der Waals surface area contributed by atoms with E-state index in [1.807, 2.05) is 45.2 Å². The molecule has 0 spiro atoms. The summed E-state index contributed by atoms with van der Waals surface area (Å²) in [7, 11) is 4.21. The number of aliphatic hydroxyl groups excluding tert-OH is 1. The first-order valence-corrected chi connectivity index (χ1v) is 16.4. The predicted molar refractivity (Wildman–Crippen MR) is 183 cm³/mol. The fourth-order valence-electron chi connectivity index (χ4n) is 5.55. The first kappa shape index (κ1) is 36.7. The van der Waals surface area contributed by atoms with Gasteiger partial charge in [-0.2, -0.15) is 0 Å². The zero-order chi connectivity index (χ0) is 31.0. The van der Waals surface area contributed by atoms with Gasteiger partial charge in [0.1, 0.15) is 0 Å². The molecule has 1 radical (unpaired) electrons. The van der Waals surface area contributed by atoms with Crippen LogP contribution in [0.3, 0.4) is 0 Å². The average Bonchev–Trinajstić information content (AvgIpc) is 3.34. The molecular weight excluding hydrogens is 729 g/mol. The van der Waals surface area contributed by atoms with Crippen molar-refractivity contribution in [2.45, 2.75) is 86.5 Å². The van der Waals surface area contributed by atoms with Crippen molar-refractivity contribution in [3.05, 3.63) is 71.6 Å². The van der Waals surface area contributed by atoms with E-state index in [2.05, 4.69) is 82.2 Å². The molecule has 0 aliphatic carbocycles. The Morgan fingerprint density at radius 2 is 1.60 bits per heavy atom. The van der Waals surface area contributed by atoms with Gasteiger partial charge in [0, 0.05) is 68.7 Å². The number of carbonyl (C=O) groups excluding carboxylic acids is 1. The summed E-state index contributed by atoms with van der Waals surface area (Å²) in [5.74, 6) is 1.05. The van der Waals surface area contributed by atoms with Gasteiger partial charge < -0.3 is 10.0 Å². The summed E-state index contributed by atoms with van der Waals surface area (Å²) in [6, 6.07) is 16.7. The van der Waals surface area contributed by atoms with Gasteiger partial charge in [0.2, 0.25) is 0 Å². The third kappa shape index (κ3) is 8.56. The van der Waals surface area contributed by atoms with E-state index in [0.29, 0.717) is 5.92 Å². The third-order valence-corrected chi connectivity index (χ3v) is 10.0. The Morgan fingerprint density at radius 1 is 0.977 bits per heavy atom. The van der Waals surface area contributed by atoms with Gasteiger partial charge in [-0.25, -0.2) is 0 Å². The zero-order valence-corrected chi connectivity index (χ0v) is 30.6. The Balaban J connectivity index is 0.000000348. The zero-order valence-electron chi connectivity index (χ0n) is 27.4. The number of hydrogen-bond donors (Lipinski definition) is 1. The number of fused-ring (bicyclic) bond motifs is 2. The van der Waals surface area contributed by atoms with E-state index < -0.39 is 0 Å². The maximum absolute atomic E-state index is 11.7. The number of pyridine rings is 1. The molecule has 0 saturated heterocycles. The normalized spacial score (nSPS) is 12.3. The fourth-order valence-corrected chi connectivity index (χ4v) is 6.78. The molecule has 4 nitrogen and oxygen atoms in total. The molecule has 235 valence electrons. The van der Waals surface area contributed by atoms with Gasteiger partial charge in [0.25, 0.3) is 0 Å². The molecule has 4 rings (SSSR count). The van der Waals surface area contributed by atoms with E-state index in [4.69, 9.17) is 4.98 Å². The SMILES string of the molecule is CCC(C)c1cc(-c2nccc3c(C)c(N(C)C)sc23)[c-]c2ccccc12.CCC(CC)C(=O)/C=C(\O)C(CC)CC.[Ir]. The van der Waals surface area contributed by atoms with Crippen LogP contribution in [0.4, 0.5) is 5.00 Å². The van der Waals surface area contributed by atoms with E-state index in [1.54, 1.807) is 0 Å². The van der Waals surface area contributed by atoms with Crippen LogP contribution in [0.5, 0.6) is 0 Å². The van der Waals surface area contributed by atoms with E-state index in [-0.39, 0.29) is 43.5 Å². The minimum Gasteiger partial charge on any atom is -0.512 e. The molecule has 0 aliphatic heterocycles. The summed E-state index contributed by atoms with van der Waals surface area (Å²) < 4.78 is 1.25. The van der Waals surface area contributed by atoms with Crippen molar-refractivity contribution in [2.24, 2.45) is 11.8 Å². The van der Waals surface area contributed by atoms with Gasteiger partial charge in [-0.15, -0.1) is 40.5 Å². The van der Waals surface area contributed by atoms with Gasteiger partial charge in [-0.05, 0) is 55.5 Å². The molecule has 0 amide bonds. The van der Waals surface area contributed by atoms with Crippen LogP contribution in [-0.2, 0) is 24.9 Å². The maximum Gasteiger partial charge on any atom is 0.162 e. The number of carbonyl (C=O) groups is 1. The monoisotopic (exact) mass is 778 g/mol. The fraction of sp³-hybridized carbons (Fsp3) is 0.459. The predicted octanol–water partition coefficient (Wildman–Crippen LogP) is 10.7. The number of aliphatic hydroxyl groups is 1. The van der Waals surface area contributed by atoms with Crippen molar-refractivity contribution in [1.29, 1.82) is 0 Å². The van der Waals surface area contributed by atoms with Gasteiger partial charge in [0.15, 0.2) is 5.78 Å². The van der Waals surface area contributed by atoms with Crippen molar-refractivity contribution in [3.63, 3.8) is 0 Å². The Hall–Kier alpha value is -2.53. The molecule has 0 saturated carbocycles. The van der Waals surface area contributed by atoms with Crippen LogP contribution in [0.15, 0.2) is 54.4 Å². The van der Waals surface area contributed by atoms with Crippen molar-refractivity contribution in [1.82, 2.24) is 4.98 Å². The molecule has 1 unspecified atom stereocenters. The molecule has 0 aliphatic rings. The standard InChI is InChI=1S/C24H25N2S.C13H24O2.Ir/c1-6-15(2)21-14-18(13-17-9-7-8-10-20(17)21)22-23-19(11-12-25-22)16(3)24(27-23)26(4)5;1-5-10(6-2)12(14)9-13(15)11(7-3)8-4;/h7-12,14-15H,6H2,1-5H3;9-11,14H,5-8H2,1-4H3;/q-1;;/b;12-9-;. The maximum atomic E-state index is 11.7. The summed E-state index contributed by atoms with van der Waals surface area (Å²) in [6.07, 6.45) is 7.96. The van der Waals surface area contributed by atoms with Crippen LogP contribution in [-0.4, -0.2) is 30.0 Å². The summed E-state index contributed by atoms with van der Waals surface area (Å²) in [6.45, 7) is 14.8. The molecule has 0 bridgehead atoms. The third-order valence-electron chi connectivity index (χ3n) is 8.52. The van der Waals surface area contributed by atoms with Crippen LogP contribution in [0.2, 0.25) is 0 Å². The molecule has 2 aromatic carbocycles. The average molecular weight is 778 g/mol. The Morgan fingerprint density at radius 3 is 2.19 bits per heavy atom. The number of anilines is 1. The van der Waals surface area contributed by atoms with E-state index in [1.165, 1.54) is 43.1 Å². The van der Waals surface area contributed by atoms with E-state index in [0.717, 1.165) is 43.4 Å². The second kappa shape index (κ2) is 17.1. The Kier molecular flexibility index (Phi) is 14.6. The number of aryl methyl sites for hydroxylation is 1. The van der Waals surface area contributed by atoms with Gasteiger partial charge in [-0.3, -0.25) is 9.78 Å². The van der Waals surface area contributed by atoms with Crippen molar-refractivity contribution in [2.75, 3.05) is 19.0 Å². The number of rotatable bonds is 11. The summed E-state index contributed by atoms with van der Waals surface area (Å²) in [5, 5.41) is 14.8. The smallest absolute Gasteiger partial charge is 0.162 e. The molecule has 43 heavy (non-hydrogen) atoms. The molecule has 0 fully saturated rings. The first-order chi connectivity index (χ1) is 20.1. The van der Waals surface area contributed by atoms with Crippen LogP contribution in [0, 0.1) is 24.8 Å². The number of nitrogens with zero attached hydrogens (tertiary/aromatic N) is 2. The van der Waals surface area contributed by atoms with Gasteiger partial charge in [-0.1, -0.05) is 77.1 Å². The number of allylic oxidation sites excluding steroid dienone is 2. The first-order valence-electron chi connectivity index (χ1n) is 15.6. The second-order valence-electron chi connectivity index (χ2n) is 11.5. The minimum absolute atomic E-state index is 0. The van der Waals surface area contributed by atoms with Crippen molar-refractivity contribution >= 4 is 43.0 Å².